The summed E-state index contributed by atoms with van der Waals surface area (Å²) in [6, 6.07) is 2.26. The zero-order valence-corrected chi connectivity index (χ0v) is 6.28. The SMILES string of the molecule is CNC12CC(CC#N)(C1)C2. The Balaban J connectivity index is 1.93. The first kappa shape index (κ1) is 6.18. The van der Waals surface area contributed by atoms with E-state index in [9.17, 15) is 0 Å². The minimum Gasteiger partial charge on any atom is -0.314 e. The standard InChI is InChI=1S/C8H12N2/c1-10-8-4-7(5-8,6-8)2-3-9/h10H,2,4-6H2,1H3. The van der Waals surface area contributed by atoms with Gasteiger partial charge in [-0.25, -0.2) is 0 Å². The van der Waals surface area contributed by atoms with Crippen LogP contribution in [0.2, 0.25) is 0 Å². The monoisotopic (exact) mass is 136 g/mol. The molecule has 3 fully saturated rings. The second kappa shape index (κ2) is 1.54. The molecule has 2 nitrogen and oxygen atoms in total. The lowest BCUT2D eigenvalue weighted by atomic mass is 9.38. The predicted octanol–water partition coefficient (Wildman–Crippen LogP) is 1.04. The minimum atomic E-state index is 0.456. The molecule has 0 heterocycles. The predicted molar refractivity (Wildman–Crippen MR) is 38.3 cm³/mol. The van der Waals surface area contributed by atoms with Crippen molar-refractivity contribution in [3.05, 3.63) is 0 Å². The minimum absolute atomic E-state index is 0.456. The van der Waals surface area contributed by atoms with E-state index in [-0.39, 0.29) is 0 Å². The van der Waals surface area contributed by atoms with Crippen molar-refractivity contribution in [2.24, 2.45) is 5.41 Å². The largest absolute Gasteiger partial charge is 0.314 e. The highest BCUT2D eigenvalue weighted by Gasteiger charge is 2.66. The van der Waals surface area contributed by atoms with Crippen LogP contribution in [0.25, 0.3) is 0 Å². The van der Waals surface area contributed by atoms with Gasteiger partial charge in [-0.15, -0.1) is 0 Å². The van der Waals surface area contributed by atoms with Crippen molar-refractivity contribution in [1.82, 2.24) is 5.32 Å². The molecular weight excluding hydrogens is 124 g/mol. The van der Waals surface area contributed by atoms with E-state index in [1.807, 2.05) is 7.05 Å². The molecule has 2 bridgehead atoms. The molecule has 0 saturated heterocycles. The van der Waals surface area contributed by atoms with Crippen LogP contribution in [0.4, 0.5) is 0 Å². The van der Waals surface area contributed by atoms with Gasteiger partial charge in [0.2, 0.25) is 0 Å². The summed E-state index contributed by atoms with van der Waals surface area (Å²) in [5.74, 6) is 0. The maximum Gasteiger partial charge on any atom is 0.0627 e. The summed E-state index contributed by atoms with van der Waals surface area (Å²) >= 11 is 0. The maximum absolute atomic E-state index is 8.48. The van der Waals surface area contributed by atoms with E-state index >= 15 is 0 Å². The first-order chi connectivity index (χ1) is 4.74. The molecule has 1 N–H and O–H groups in total. The third-order valence-corrected chi connectivity index (χ3v) is 3.12. The van der Waals surface area contributed by atoms with E-state index in [4.69, 9.17) is 5.26 Å². The normalized spacial score (nSPS) is 48.8. The van der Waals surface area contributed by atoms with E-state index < -0.39 is 0 Å². The van der Waals surface area contributed by atoms with E-state index in [2.05, 4.69) is 11.4 Å². The molecule has 3 aliphatic carbocycles. The van der Waals surface area contributed by atoms with Gasteiger partial charge in [-0.1, -0.05) is 0 Å². The number of hydrogen-bond donors (Lipinski definition) is 1. The first-order valence-electron chi connectivity index (χ1n) is 3.80. The fraction of sp³-hybridized carbons (Fsp3) is 0.875. The van der Waals surface area contributed by atoms with Crippen LogP contribution in [0.15, 0.2) is 0 Å². The van der Waals surface area contributed by atoms with Gasteiger partial charge < -0.3 is 5.32 Å². The Kier molecular flexibility index (Phi) is 0.952. The molecule has 0 unspecified atom stereocenters. The Morgan fingerprint density at radius 3 is 2.50 bits per heavy atom. The van der Waals surface area contributed by atoms with Gasteiger partial charge in [0, 0.05) is 12.0 Å². The van der Waals surface area contributed by atoms with Crippen molar-refractivity contribution in [2.75, 3.05) is 7.05 Å². The molecule has 0 aromatic carbocycles. The van der Waals surface area contributed by atoms with Crippen LogP contribution < -0.4 is 5.32 Å². The molecule has 3 aliphatic rings. The van der Waals surface area contributed by atoms with Crippen molar-refractivity contribution in [1.29, 1.82) is 5.26 Å². The number of nitriles is 1. The van der Waals surface area contributed by atoms with Gasteiger partial charge in [-0.2, -0.15) is 5.26 Å². The number of nitrogens with zero attached hydrogens (tertiary/aromatic N) is 1. The lowest BCUT2D eigenvalue weighted by Crippen LogP contribution is -2.72. The number of nitrogens with one attached hydrogen (secondary N) is 1. The molecule has 10 heavy (non-hydrogen) atoms. The van der Waals surface area contributed by atoms with Crippen molar-refractivity contribution < 1.29 is 0 Å². The fourth-order valence-corrected chi connectivity index (χ4v) is 2.62. The first-order valence-corrected chi connectivity index (χ1v) is 3.80. The fourth-order valence-electron chi connectivity index (χ4n) is 2.62. The summed E-state index contributed by atoms with van der Waals surface area (Å²) in [4.78, 5) is 0. The Hall–Kier alpha value is -0.550. The molecule has 0 aromatic rings. The summed E-state index contributed by atoms with van der Waals surface area (Å²) in [5, 5.41) is 11.8. The van der Waals surface area contributed by atoms with Crippen LogP contribution in [0, 0.1) is 16.7 Å². The Bertz CT molecular complexity index is 182. The summed E-state index contributed by atoms with van der Waals surface area (Å²) in [7, 11) is 2.02. The number of hydrogen-bond acceptors (Lipinski definition) is 2. The molecular formula is C8H12N2. The quantitative estimate of drug-likeness (QED) is 0.615. The van der Waals surface area contributed by atoms with Crippen LogP contribution >= 0.6 is 0 Å². The van der Waals surface area contributed by atoms with Gasteiger partial charge >= 0.3 is 0 Å². The van der Waals surface area contributed by atoms with Crippen molar-refractivity contribution in [3.8, 4) is 6.07 Å². The second-order valence-corrected chi connectivity index (χ2v) is 3.90. The summed E-state index contributed by atoms with van der Waals surface area (Å²) < 4.78 is 0. The highest BCUT2D eigenvalue weighted by atomic mass is 15.0. The van der Waals surface area contributed by atoms with Crippen LogP contribution in [-0.4, -0.2) is 12.6 Å². The molecule has 0 spiro atoms. The molecule has 3 saturated carbocycles. The van der Waals surface area contributed by atoms with Gasteiger partial charge in [-0.3, -0.25) is 0 Å². The van der Waals surface area contributed by atoms with Gasteiger partial charge in [0.1, 0.15) is 0 Å². The van der Waals surface area contributed by atoms with E-state index in [1.165, 1.54) is 19.3 Å². The summed E-state index contributed by atoms with van der Waals surface area (Å²) in [6.45, 7) is 0. The van der Waals surface area contributed by atoms with Crippen molar-refractivity contribution in [2.45, 2.75) is 31.2 Å². The Morgan fingerprint density at radius 1 is 1.50 bits per heavy atom. The van der Waals surface area contributed by atoms with Gasteiger partial charge in [0.25, 0.3) is 0 Å². The molecule has 2 heteroatoms. The number of rotatable bonds is 2. The van der Waals surface area contributed by atoms with Crippen molar-refractivity contribution in [3.63, 3.8) is 0 Å². The molecule has 0 atom stereocenters. The average Bonchev–Trinajstić information content (AvgIpc) is 1.74. The van der Waals surface area contributed by atoms with Crippen LogP contribution in [0.5, 0.6) is 0 Å². The second-order valence-electron chi connectivity index (χ2n) is 3.90. The van der Waals surface area contributed by atoms with Gasteiger partial charge in [0.05, 0.1) is 6.07 Å². The summed E-state index contributed by atoms with van der Waals surface area (Å²) in [5.41, 5.74) is 0.925. The van der Waals surface area contributed by atoms with Gasteiger partial charge in [0.15, 0.2) is 0 Å². The van der Waals surface area contributed by atoms with Crippen molar-refractivity contribution >= 4 is 0 Å². The van der Waals surface area contributed by atoms with Crippen LogP contribution in [-0.2, 0) is 0 Å². The highest BCUT2D eigenvalue weighted by Crippen LogP contribution is 2.68. The lowest BCUT2D eigenvalue weighted by Gasteiger charge is -2.70. The third kappa shape index (κ3) is 0.518. The highest BCUT2D eigenvalue weighted by molar-refractivity contribution is 5.24. The van der Waals surface area contributed by atoms with Crippen LogP contribution in [0.1, 0.15) is 25.7 Å². The molecule has 0 aliphatic heterocycles. The molecule has 3 rings (SSSR count). The summed E-state index contributed by atoms with van der Waals surface area (Å²) in [6.07, 6.45) is 4.49. The molecule has 54 valence electrons. The van der Waals surface area contributed by atoms with E-state index in [0.717, 1.165) is 6.42 Å². The Morgan fingerprint density at radius 2 is 2.10 bits per heavy atom. The smallest absolute Gasteiger partial charge is 0.0627 e. The topological polar surface area (TPSA) is 35.8 Å². The third-order valence-electron chi connectivity index (χ3n) is 3.12. The van der Waals surface area contributed by atoms with Crippen LogP contribution in [0.3, 0.4) is 0 Å². The Labute approximate surface area is 61.2 Å². The lowest BCUT2D eigenvalue weighted by molar-refractivity contribution is -0.146. The molecule has 0 aromatic heterocycles. The molecule has 0 radical (unpaired) electrons. The zero-order valence-electron chi connectivity index (χ0n) is 6.28. The van der Waals surface area contributed by atoms with Gasteiger partial charge in [-0.05, 0) is 31.7 Å². The maximum atomic E-state index is 8.48. The van der Waals surface area contributed by atoms with E-state index in [1.54, 1.807) is 0 Å². The van der Waals surface area contributed by atoms with E-state index in [0.29, 0.717) is 11.0 Å². The zero-order chi connectivity index (χ0) is 7.24. The average molecular weight is 136 g/mol. The molecule has 0 amide bonds.